The maximum atomic E-state index is 13.0. The van der Waals surface area contributed by atoms with E-state index in [2.05, 4.69) is 10.9 Å². The fraction of sp³-hybridized carbons (Fsp3) is 0.240. The molecule has 2 heterocycles. The van der Waals surface area contributed by atoms with Gasteiger partial charge < -0.3 is 19.4 Å². The average Bonchev–Trinajstić information content (AvgIpc) is 3.23. The molecular formula is C25H21ClN2O5. The summed E-state index contributed by atoms with van der Waals surface area (Å²) in [6.45, 7) is -0.197. The van der Waals surface area contributed by atoms with E-state index in [4.69, 9.17) is 27.5 Å². The van der Waals surface area contributed by atoms with Gasteiger partial charge in [-0.25, -0.2) is 9.59 Å². The molecular weight excluding hydrogens is 444 g/mol. The van der Waals surface area contributed by atoms with E-state index in [1.807, 2.05) is 24.3 Å². The predicted octanol–water partition coefficient (Wildman–Crippen LogP) is 3.21. The number of hydrogen-bond acceptors (Lipinski definition) is 5. The summed E-state index contributed by atoms with van der Waals surface area (Å²) in [6.07, 6.45) is 5.51. The lowest BCUT2D eigenvalue weighted by molar-refractivity contribution is -0.155. The number of nitrogens with one attached hydrogen (secondary N) is 1. The predicted molar refractivity (Wildman–Crippen MR) is 123 cm³/mol. The number of H-pyrrole nitrogens is 1. The van der Waals surface area contributed by atoms with Crippen molar-refractivity contribution in [2.75, 3.05) is 19.6 Å². The van der Waals surface area contributed by atoms with E-state index in [1.54, 1.807) is 24.3 Å². The first-order valence-corrected chi connectivity index (χ1v) is 10.8. The second-order valence-electron chi connectivity index (χ2n) is 7.55. The summed E-state index contributed by atoms with van der Waals surface area (Å²) in [7, 11) is 1.31. The maximum absolute atomic E-state index is 13.0. The largest absolute Gasteiger partial charge is 0.465 e. The molecule has 1 unspecified atom stereocenters. The standard InChI is InChI=1S/C25H21ClN2O5/c1-3-12-33-25(31)20-13-18-17-6-4-5-7-19(17)27-22(18)23(28(20)21(29)14-26)15-8-10-16(11-9-15)24(30)32-2/h1,4-11,20,23,27H,12-14H2,2H3/t20-,23?/m0/s1. The van der Waals surface area contributed by atoms with Gasteiger partial charge in [0.2, 0.25) is 5.91 Å². The smallest absolute Gasteiger partial charge is 0.337 e. The third kappa shape index (κ3) is 4.06. The molecule has 0 bridgehead atoms. The first-order chi connectivity index (χ1) is 16.0. The highest BCUT2D eigenvalue weighted by atomic mass is 35.5. The van der Waals surface area contributed by atoms with Gasteiger partial charge in [-0.3, -0.25) is 4.79 Å². The lowest BCUT2D eigenvalue weighted by atomic mass is 9.87. The normalized spacial score (nSPS) is 17.2. The summed E-state index contributed by atoms with van der Waals surface area (Å²) < 4.78 is 10.0. The van der Waals surface area contributed by atoms with Gasteiger partial charge in [0.15, 0.2) is 6.61 Å². The molecule has 2 aromatic carbocycles. The van der Waals surface area contributed by atoms with Crippen LogP contribution in [0.4, 0.5) is 0 Å². The summed E-state index contributed by atoms with van der Waals surface area (Å²) in [4.78, 5) is 42.8. The molecule has 7 nitrogen and oxygen atoms in total. The third-order valence-electron chi connectivity index (χ3n) is 5.75. The highest BCUT2D eigenvalue weighted by Crippen LogP contribution is 2.41. The van der Waals surface area contributed by atoms with Gasteiger partial charge in [-0.2, -0.15) is 0 Å². The number of alkyl halides is 1. The molecule has 1 amide bonds. The lowest BCUT2D eigenvalue weighted by Gasteiger charge is -2.40. The molecule has 3 aromatic rings. The Morgan fingerprint density at radius 2 is 1.91 bits per heavy atom. The van der Waals surface area contributed by atoms with Crippen LogP contribution in [-0.4, -0.2) is 53.4 Å². The summed E-state index contributed by atoms with van der Waals surface area (Å²) >= 11 is 5.96. The highest BCUT2D eigenvalue weighted by Gasteiger charge is 2.43. The van der Waals surface area contributed by atoms with Gasteiger partial charge in [0.05, 0.1) is 18.7 Å². The molecule has 4 rings (SSSR count). The molecule has 8 heteroatoms. The zero-order chi connectivity index (χ0) is 23.5. The van der Waals surface area contributed by atoms with Crippen molar-refractivity contribution in [2.45, 2.75) is 18.5 Å². The number of nitrogens with zero attached hydrogens (tertiary/aromatic N) is 1. The van der Waals surface area contributed by atoms with E-state index in [1.165, 1.54) is 12.0 Å². The Bertz CT molecular complexity index is 1260. The van der Waals surface area contributed by atoms with Crippen LogP contribution in [0.25, 0.3) is 10.9 Å². The first-order valence-electron chi connectivity index (χ1n) is 10.2. The van der Waals surface area contributed by atoms with E-state index in [-0.39, 0.29) is 18.9 Å². The summed E-state index contributed by atoms with van der Waals surface area (Å²) in [6, 6.07) is 12.9. The molecule has 1 N–H and O–H groups in total. The van der Waals surface area contributed by atoms with E-state index in [9.17, 15) is 14.4 Å². The van der Waals surface area contributed by atoms with Crippen molar-refractivity contribution in [1.82, 2.24) is 9.88 Å². The lowest BCUT2D eigenvalue weighted by Crippen LogP contribution is -2.52. The number of esters is 2. The fourth-order valence-electron chi connectivity index (χ4n) is 4.32. The molecule has 2 atom stereocenters. The van der Waals surface area contributed by atoms with E-state index < -0.39 is 29.9 Å². The van der Waals surface area contributed by atoms with Crippen LogP contribution in [0, 0.1) is 12.3 Å². The van der Waals surface area contributed by atoms with Gasteiger partial charge in [-0.05, 0) is 29.3 Å². The van der Waals surface area contributed by atoms with Gasteiger partial charge in [0.1, 0.15) is 11.9 Å². The van der Waals surface area contributed by atoms with E-state index in [0.717, 1.165) is 22.2 Å². The number of rotatable bonds is 5. The van der Waals surface area contributed by atoms with Crippen molar-refractivity contribution in [3.05, 3.63) is 70.9 Å². The van der Waals surface area contributed by atoms with Crippen LogP contribution in [0.15, 0.2) is 48.5 Å². The number of aromatic nitrogens is 1. The summed E-state index contributed by atoms with van der Waals surface area (Å²) in [5, 5.41) is 0.955. The molecule has 0 aliphatic carbocycles. The second kappa shape index (κ2) is 9.39. The number of halogens is 1. The molecule has 0 saturated carbocycles. The molecule has 0 fully saturated rings. The molecule has 0 radical (unpaired) electrons. The van der Waals surface area contributed by atoms with Crippen LogP contribution in [0.3, 0.4) is 0 Å². The van der Waals surface area contributed by atoms with Gasteiger partial charge in [-0.15, -0.1) is 18.0 Å². The van der Waals surface area contributed by atoms with Crippen molar-refractivity contribution in [3.63, 3.8) is 0 Å². The van der Waals surface area contributed by atoms with Crippen LogP contribution >= 0.6 is 11.6 Å². The summed E-state index contributed by atoms with van der Waals surface area (Å²) in [5.41, 5.74) is 3.64. The maximum Gasteiger partial charge on any atom is 0.337 e. The SMILES string of the molecule is C#CCOC(=O)[C@@H]1Cc2c([nH]c3ccccc23)C(c2ccc(C(=O)OC)cc2)N1C(=O)CCl. The number of ether oxygens (including phenoxy) is 2. The molecule has 33 heavy (non-hydrogen) atoms. The molecule has 1 aliphatic heterocycles. The van der Waals surface area contributed by atoms with Crippen LogP contribution in [0.1, 0.15) is 33.2 Å². The number of carbonyl (C=O) groups excluding carboxylic acids is 3. The number of hydrogen-bond donors (Lipinski definition) is 1. The number of benzene rings is 2. The number of terminal acetylenes is 1. The number of carbonyl (C=O) groups is 3. The molecule has 168 valence electrons. The molecule has 0 saturated heterocycles. The molecule has 0 spiro atoms. The van der Waals surface area contributed by atoms with Crippen LogP contribution in [0.5, 0.6) is 0 Å². The molecule has 1 aliphatic rings. The highest BCUT2D eigenvalue weighted by molar-refractivity contribution is 6.27. The first kappa shape index (κ1) is 22.4. The van der Waals surface area contributed by atoms with E-state index >= 15 is 0 Å². The Balaban J connectivity index is 1.90. The van der Waals surface area contributed by atoms with Crippen molar-refractivity contribution in [1.29, 1.82) is 0 Å². The number of amides is 1. The number of methoxy groups -OCH3 is 1. The van der Waals surface area contributed by atoms with Crippen LogP contribution in [-0.2, 0) is 25.5 Å². The van der Waals surface area contributed by atoms with E-state index in [0.29, 0.717) is 11.1 Å². The Kier molecular flexibility index (Phi) is 6.38. The quantitative estimate of drug-likeness (QED) is 0.356. The minimum atomic E-state index is -0.915. The van der Waals surface area contributed by atoms with Crippen LogP contribution < -0.4 is 0 Å². The van der Waals surface area contributed by atoms with Crippen molar-refractivity contribution in [3.8, 4) is 12.3 Å². The Labute approximate surface area is 195 Å². The van der Waals surface area contributed by atoms with Crippen molar-refractivity contribution in [2.24, 2.45) is 0 Å². The average molecular weight is 465 g/mol. The number of aromatic amines is 1. The van der Waals surface area contributed by atoms with Gasteiger partial charge in [-0.1, -0.05) is 36.3 Å². The topological polar surface area (TPSA) is 88.7 Å². The Morgan fingerprint density at radius 3 is 2.58 bits per heavy atom. The van der Waals surface area contributed by atoms with Gasteiger partial charge in [0, 0.05) is 23.0 Å². The Morgan fingerprint density at radius 1 is 1.18 bits per heavy atom. The van der Waals surface area contributed by atoms with Crippen molar-refractivity contribution >= 4 is 40.3 Å². The second-order valence-corrected chi connectivity index (χ2v) is 7.81. The zero-order valence-electron chi connectivity index (χ0n) is 17.8. The van der Waals surface area contributed by atoms with Crippen molar-refractivity contribution < 1.29 is 23.9 Å². The minimum absolute atomic E-state index is 0.197. The van der Waals surface area contributed by atoms with Gasteiger partial charge in [0.25, 0.3) is 0 Å². The Hall–Kier alpha value is -3.76. The number of para-hydroxylation sites is 1. The summed E-state index contributed by atoms with van der Waals surface area (Å²) in [5.74, 6) is 0.473. The fourth-order valence-corrected chi connectivity index (χ4v) is 4.46. The number of fused-ring (bicyclic) bond motifs is 3. The molecule has 1 aromatic heterocycles. The van der Waals surface area contributed by atoms with Crippen LogP contribution in [0.2, 0.25) is 0 Å². The zero-order valence-corrected chi connectivity index (χ0v) is 18.6. The third-order valence-corrected chi connectivity index (χ3v) is 5.98. The minimum Gasteiger partial charge on any atom is -0.465 e. The monoisotopic (exact) mass is 464 g/mol. The van der Waals surface area contributed by atoms with Gasteiger partial charge >= 0.3 is 11.9 Å².